The molecule has 0 fully saturated rings. The molecule has 6 heteroatoms. The van der Waals surface area contributed by atoms with Crippen LogP contribution >= 0.6 is 11.6 Å². The molecule has 0 saturated heterocycles. The lowest BCUT2D eigenvalue weighted by molar-refractivity contribution is -0.325. The van der Waals surface area contributed by atoms with Gasteiger partial charge in [0.2, 0.25) is 0 Å². The Hall–Kier alpha value is -0.940. The minimum atomic E-state index is -4.62. The molecule has 0 amide bonds. The third-order valence-electron chi connectivity index (χ3n) is 2.27. The van der Waals surface area contributed by atoms with Gasteiger partial charge < -0.3 is 4.74 Å². The molecular formula is C12H14ClF3O2. The van der Waals surface area contributed by atoms with Crippen molar-refractivity contribution in [2.75, 3.05) is 13.2 Å². The van der Waals surface area contributed by atoms with Crippen molar-refractivity contribution in [3.05, 3.63) is 28.8 Å². The van der Waals surface area contributed by atoms with E-state index >= 15 is 0 Å². The molecule has 2 nitrogen and oxygen atoms in total. The molecule has 0 aliphatic carbocycles. The van der Waals surface area contributed by atoms with Crippen LogP contribution in [-0.2, 0) is 10.6 Å². The van der Waals surface area contributed by atoms with Gasteiger partial charge in [0.25, 0.3) is 0 Å². The van der Waals surface area contributed by atoms with Gasteiger partial charge in [-0.3, -0.25) is 4.74 Å². The van der Waals surface area contributed by atoms with Crippen molar-refractivity contribution >= 4 is 11.6 Å². The Kier molecular flexibility index (Phi) is 5.28. The van der Waals surface area contributed by atoms with Crippen molar-refractivity contribution in [3.8, 4) is 5.75 Å². The summed E-state index contributed by atoms with van der Waals surface area (Å²) in [6, 6.07) is 3.69. The number of alkyl halides is 4. The van der Waals surface area contributed by atoms with Crippen molar-refractivity contribution in [1.29, 1.82) is 0 Å². The van der Waals surface area contributed by atoms with Gasteiger partial charge in [0.15, 0.2) is 0 Å². The summed E-state index contributed by atoms with van der Waals surface area (Å²) >= 11 is 5.71. The molecule has 0 N–H and O–H groups in total. The van der Waals surface area contributed by atoms with Gasteiger partial charge in [-0.2, -0.15) is 0 Å². The number of rotatable bonds is 5. The average Bonchev–Trinajstić information content (AvgIpc) is 2.25. The second kappa shape index (κ2) is 6.29. The first-order chi connectivity index (χ1) is 8.33. The SMILES string of the molecule is Cc1cc(CCl)cc(C)c1OCCOC(F)(F)F. The van der Waals surface area contributed by atoms with E-state index in [0.717, 1.165) is 16.7 Å². The van der Waals surface area contributed by atoms with Crippen LogP contribution in [0.25, 0.3) is 0 Å². The van der Waals surface area contributed by atoms with E-state index in [2.05, 4.69) is 4.74 Å². The smallest absolute Gasteiger partial charge is 0.491 e. The van der Waals surface area contributed by atoms with Crippen molar-refractivity contribution in [1.82, 2.24) is 0 Å². The molecule has 0 spiro atoms. The van der Waals surface area contributed by atoms with Crippen molar-refractivity contribution in [3.63, 3.8) is 0 Å². The molecule has 1 rings (SSSR count). The lowest BCUT2D eigenvalue weighted by Gasteiger charge is -2.14. The summed E-state index contributed by atoms with van der Waals surface area (Å²) in [4.78, 5) is 0. The monoisotopic (exact) mass is 282 g/mol. The van der Waals surface area contributed by atoms with Crippen LogP contribution in [0, 0.1) is 13.8 Å². The Morgan fingerprint density at radius 1 is 1.11 bits per heavy atom. The Bertz CT molecular complexity index is 382. The Balaban J connectivity index is 2.57. The molecule has 0 saturated carbocycles. The fourth-order valence-corrected chi connectivity index (χ4v) is 1.80. The summed E-state index contributed by atoms with van der Waals surface area (Å²) in [5.41, 5.74) is 2.64. The Morgan fingerprint density at radius 2 is 1.67 bits per heavy atom. The van der Waals surface area contributed by atoms with Crippen LogP contribution in [-0.4, -0.2) is 19.6 Å². The topological polar surface area (TPSA) is 18.5 Å². The highest BCUT2D eigenvalue weighted by Crippen LogP contribution is 2.25. The van der Waals surface area contributed by atoms with Crippen LogP contribution in [0.1, 0.15) is 16.7 Å². The highest BCUT2D eigenvalue weighted by Gasteiger charge is 2.28. The highest BCUT2D eigenvalue weighted by molar-refractivity contribution is 6.17. The zero-order chi connectivity index (χ0) is 13.8. The molecule has 0 radical (unpaired) electrons. The largest absolute Gasteiger partial charge is 0.522 e. The summed E-state index contributed by atoms with van der Waals surface area (Å²) in [5.74, 6) is 0.966. The van der Waals surface area contributed by atoms with E-state index in [9.17, 15) is 13.2 Å². The molecule has 0 heterocycles. The van der Waals surface area contributed by atoms with E-state index in [-0.39, 0.29) is 6.61 Å². The van der Waals surface area contributed by atoms with E-state index in [1.165, 1.54) is 0 Å². The molecule has 18 heavy (non-hydrogen) atoms. The summed E-state index contributed by atoms with van der Waals surface area (Å²) in [5, 5.41) is 0. The van der Waals surface area contributed by atoms with E-state index in [1.54, 1.807) is 0 Å². The number of aryl methyl sites for hydroxylation is 2. The standard InChI is InChI=1S/C12H14ClF3O2/c1-8-5-10(7-13)6-9(2)11(8)17-3-4-18-12(14,15)16/h5-6H,3-4,7H2,1-2H3. The maximum atomic E-state index is 11.7. The van der Waals surface area contributed by atoms with Gasteiger partial charge in [-0.25, -0.2) is 0 Å². The van der Waals surface area contributed by atoms with Gasteiger partial charge in [0, 0.05) is 5.88 Å². The average molecular weight is 283 g/mol. The first-order valence-corrected chi connectivity index (χ1v) is 5.86. The van der Waals surface area contributed by atoms with E-state index in [1.807, 2.05) is 26.0 Å². The molecule has 0 atom stereocenters. The third kappa shape index (κ3) is 4.74. The number of benzene rings is 1. The van der Waals surface area contributed by atoms with Crippen molar-refractivity contribution in [2.24, 2.45) is 0 Å². The maximum Gasteiger partial charge on any atom is 0.522 e. The fourth-order valence-electron chi connectivity index (χ4n) is 1.65. The molecule has 0 aliphatic rings. The minimum Gasteiger partial charge on any atom is -0.491 e. The Morgan fingerprint density at radius 3 is 2.11 bits per heavy atom. The van der Waals surface area contributed by atoms with Gasteiger partial charge in [-0.15, -0.1) is 24.8 Å². The fraction of sp³-hybridized carbons (Fsp3) is 0.500. The first-order valence-electron chi connectivity index (χ1n) is 5.33. The van der Waals surface area contributed by atoms with Gasteiger partial charge >= 0.3 is 6.36 Å². The molecule has 102 valence electrons. The second-order valence-electron chi connectivity index (χ2n) is 3.84. The highest BCUT2D eigenvalue weighted by atomic mass is 35.5. The van der Waals surface area contributed by atoms with Gasteiger partial charge in [0.1, 0.15) is 12.4 Å². The van der Waals surface area contributed by atoms with Crippen LogP contribution in [0.5, 0.6) is 5.75 Å². The first kappa shape index (κ1) is 15.1. The Labute approximate surface area is 109 Å². The normalized spacial score (nSPS) is 11.7. The molecular weight excluding hydrogens is 269 g/mol. The van der Waals surface area contributed by atoms with Crippen LogP contribution in [0.3, 0.4) is 0 Å². The quantitative estimate of drug-likeness (QED) is 0.601. The molecule has 1 aromatic carbocycles. The number of hydrogen-bond donors (Lipinski definition) is 0. The minimum absolute atomic E-state index is 0.151. The predicted molar refractivity (Wildman–Crippen MR) is 63.0 cm³/mol. The van der Waals surface area contributed by atoms with Gasteiger partial charge in [-0.05, 0) is 30.5 Å². The number of hydrogen-bond acceptors (Lipinski definition) is 2. The molecule has 1 aromatic rings. The zero-order valence-electron chi connectivity index (χ0n) is 10.1. The molecule has 0 aliphatic heterocycles. The maximum absolute atomic E-state index is 11.7. The van der Waals surface area contributed by atoms with E-state index in [0.29, 0.717) is 11.6 Å². The van der Waals surface area contributed by atoms with Crippen LogP contribution in [0.2, 0.25) is 0 Å². The van der Waals surface area contributed by atoms with E-state index < -0.39 is 13.0 Å². The summed E-state index contributed by atoms with van der Waals surface area (Å²) in [6.45, 7) is 2.97. The summed E-state index contributed by atoms with van der Waals surface area (Å²) in [7, 11) is 0. The molecule has 0 aromatic heterocycles. The molecule has 0 unspecified atom stereocenters. The third-order valence-corrected chi connectivity index (χ3v) is 2.58. The molecule has 0 bridgehead atoms. The van der Waals surface area contributed by atoms with Gasteiger partial charge in [-0.1, -0.05) is 12.1 Å². The van der Waals surface area contributed by atoms with Crippen LogP contribution in [0.4, 0.5) is 13.2 Å². The summed E-state index contributed by atoms with van der Waals surface area (Å²) < 4.78 is 44.2. The predicted octanol–water partition coefficient (Wildman–Crippen LogP) is 3.96. The summed E-state index contributed by atoms with van der Waals surface area (Å²) in [6.07, 6.45) is -4.62. The van der Waals surface area contributed by atoms with Crippen LogP contribution in [0.15, 0.2) is 12.1 Å². The zero-order valence-corrected chi connectivity index (χ0v) is 10.9. The lowest BCUT2D eigenvalue weighted by atomic mass is 10.1. The number of halogens is 4. The van der Waals surface area contributed by atoms with Gasteiger partial charge in [0.05, 0.1) is 6.61 Å². The van der Waals surface area contributed by atoms with E-state index in [4.69, 9.17) is 16.3 Å². The van der Waals surface area contributed by atoms with Crippen LogP contribution < -0.4 is 4.74 Å². The second-order valence-corrected chi connectivity index (χ2v) is 4.10. The van der Waals surface area contributed by atoms with Crippen molar-refractivity contribution in [2.45, 2.75) is 26.1 Å². The van der Waals surface area contributed by atoms with Crippen molar-refractivity contribution < 1.29 is 22.6 Å². The lowest BCUT2D eigenvalue weighted by Crippen LogP contribution is -2.18. The number of ether oxygens (including phenoxy) is 2.